The first-order chi connectivity index (χ1) is 9.68. The van der Waals surface area contributed by atoms with Gasteiger partial charge in [0.15, 0.2) is 0 Å². The molecule has 0 aliphatic carbocycles. The second-order valence-electron chi connectivity index (χ2n) is 4.94. The lowest BCUT2D eigenvalue weighted by Crippen LogP contribution is -2.30. The predicted octanol–water partition coefficient (Wildman–Crippen LogP) is 3.32. The van der Waals surface area contributed by atoms with Crippen molar-refractivity contribution in [3.05, 3.63) is 47.5 Å². The van der Waals surface area contributed by atoms with Crippen LogP contribution in [0.4, 0.5) is 19.0 Å². The molecule has 114 valence electrons. The Labute approximate surface area is 119 Å². The summed E-state index contributed by atoms with van der Waals surface area (Å²) in [7, 11) is 0. The predicted molar refractivity (Wildman–Crippen MR) is 70.7 cm³/mol. The Bertz CT molecular complexity index is 621. The minimum absolute atomic E-state index is 0.0335. The van der Waals surface area contributed by atoms with Crippen molar-refractivity contribution in [2.75, 3.05) is 11.9 Å². The largest absolute Gasteiger partial charge is 0.463 e. The first kappa shape index (κ1) is 15.4. The van der Waals surface area contributed by atoms with E-state index >= 15 is 0 Å². The van der Waals surface area contributed by atoms with Crippen molar-refractivity contribution in [1.82, 2.24) is 4.98 Å². The van der Waals surface area contributed by atoms with Gasteiger partial charge in [0, 0.05) is 0 Å². The molecule has 0 bridgehead atoms. The first-order valence-corrected chi connectivity index (χ1v) is 6.26. The van der Waals surface area contributed by atoms with Gasteiger partial charge in [-0.25, -0.2) is 4.98 Å². The van der Waals surface area contributed by atoms with Gasteiger partial charge < -0.3 is 14.8 Å². The van der Waals surface area contributed by atoms with Crippen LogP contribution in [-0.2, 0) is 11.8 Å². The molecule has 2 N–H and O–H groups in total. The van der Waals surface area contributed by atoms with Gasteiger partial charge in [-0.3, -0.25) is 0 Å². The van der Waals surface area contributed by atoms with E-state index in [9.17, 15) is 18.3 Å². The summed E-state index contributed by atoms with van der Waals surface area (Å²) >= 11 is 0. The fraction of sp³-hybridized carbons (Fsp3) is 0.357. The van der Waals surface area contributed by atoms with E-state index in [1.165, 1.54) is 19.1 Å². The Kier molecular flexibility index (Phi) is 3.95. The number of aliphatic hydroxyl groups is 1. The molecule has 0 amide bonds. The number of halogens is 3. The van der Waals surface area contributed by atoms with Crippen LogP contribution in [0.15, 0.2) is 34.7 Å². The lowest BCUT2D eigenvalue weighted by molar-refractivity contribution is -0.141. The molecule has 1 atom stereocenters. The maximum atomic E-state index is 12.6. The maximum Gasteiger partial charge on any atom is 0.433 e. The number of pyridine rings is 1. The van der Waals surface area contributed by atoms with Gasteiger partial charge in [0.2, 0.25) is 0 Å². The van der Waals surface area contributed by atoms with E-state index in [1.54, 1.807) is 19.1 Å². The van der Waals surface area contributed by atoms with Crippen LogP contribution in [0.3, 0.4) is 0 Å². The summed E-state index contributed by atoms with van der Waals surface area (Å²) < 4.78 is 43.0. The number of hydrogen-bond donors (Lipinski definition) is 2. The number of rotatable bonds is 4. The van der Waals surface area contributed by atoms with Crippen molar-refractivity contribution in [2.24, 2.45) is 0 Å². The average molecular weight is 300 g/mol. The highest BCUT2D eigenvalue weighted by Crippen LogP contribution is 2.28. The van der Waals surface area contributed by atoms with E-state index in [4.69, 9.17) is 4.42 Å². The van der Waals surface area contributed by atoms with Crippen molar-refractivity contribution in [2.45, 2.75) is 25.6 Å². The average Bonchev–Trinajstić information content (AvgIpc) is 2.83. The quantitative estimate of drug-likeness (QED) is 0.909. The summed E-state index contributed by atoms with van der Waals surface area (Å²) in [4.78, 5) is 3.47. The van der Waals surface area contributed by atoms with E-state index in [2.05, 4.69) is 10.3 Å². The zero-order chi connectivity index (χ0) is 15.7. The summed E-state index contributed by atoms with van der Waals surface area (Å²) in [6.07, 6.45) is -4.50. The van der Waals surface area contributed by atoms with Crippen LogP contribution in [0.2, 0.25) is 0 Å². The van der Waals surface area contributed by atoms with Crippen molar-refractivity contribution in [3.63, 3.8) is 0 Å². The lowest BCUT2D eigenvalue weighted by Gasteiger charge is -2.21. The lowest BCUT2D eigenvalue weighted by atomic mass is 10.0. The van der Waals surface area contributed by atoms with E-state index in [1.807, 2.05) is 0 Å². The van der Waals surface area contributed by atoms with Gasteiger partial charge in [0.1, 0.15) is 28.6 Å². The Morgan fingerprint density at radius 1 is 1.24 bits per heavy atom. The number of alkyl halides is 3. The molecule has 0 fully saturated rings. The Hall–Kier alpha value is -2.02. The fourth-order valence-corrected chi connectivity index (χ4v) is 1.76. The number of hydrogen-bond acceptors (Lipinski definition) is 4. The highest BCUT2D eigenvalue weighted by Gasteiger charge is 2.33. The molecule has 7 heteroatoms. The van der Waals surface area contributed by atoms with Crippen LogP contribution < -0.4 is 5.32 Å². The van der Waals surface area contributed by atoms with Gasteiger partial charge in [-0.05, 0) is 38.1 Å². The highest BCUT2D eigenvalue weighted by molar-refractivity contribution is 5.36. The molecule has 1 unspecified atom stereocenters. The normalized spacial score (nSPS) is 14.8. The molecule has 2 rings (SSSR count). The minimum Gasteiger partial charge on any atom is -0.463 e. The van der Waals surface area contributed by atoms with Crippen LogP contribution in [0.5, 0.6) is 0 Å². The molecule has 0 saturated carbocycles. The number of aromatic nitrogens is 1. The summed E-state index contributed by atoms with van der Waals surface area (Å²) in [5, 5.41) is 13.0. The summed E-state index contributed by atoms with van der Waals surface area (Å²) in [5.74, 6) is 1.01. The second-order valence-corrected chi connectivity index (χ2v) is 4.94. The van der Waals surface area contributed by atoms with Crippen molar-refractivity contribution < 1.29 is 22.7 Å². The highest BCUT2D eigenvalue weighted by atomic mass is 19.4. The molecule has 0 radical (unpaired) electrons. The second kappa shape index (κ2) is 5.40. The molecule has 0 saturated heterocycles. The van der Waals surface area contributed by atoms with Gasteiger partial charge in [0.25, 0.3) is 0 Å². The van der Waals surface area contributed by atoms with E-state index < -0.39 is 17.5 Å². The van der Waals surface area contributed by atoms with Gasteiger partial charge in [-0.1, -0.05) is 6.07 Å². The van der Waals surface area contributed by atoms with E-state index in [-0.39, 0.29) is 12.4 Å². The Balaban J connectivity index is 2.09. The van der Waals surface area contributed by atoms with Crippen LogP contribution in [0.1, 0.15) is 24.1 Å². The maximum absolute atomic E-state index is 12.6. The minimum atomic E-state index is -4.50. The standard InChI is InChI=1S/C14H15F3N2O2/c1-9-6-7-11(21-9)13(2,20)8-18-12-5-3-4-10(19-12)14(15,16)17/h3-7,20H,8H2,1-2H3,(H,18,19). The molecule has 2 heterocycles. The Morgan fingerprint density at radius 2 is 1.95 bits per heavy atom. The van der Waals surface area contributed by atoms with Crippen LogP contribution in [0, 0.1) is 6.92 Å². The number of furan rings is 1. The van der Waals surface area contributed by atoms with Gasteiger partial charge >= 0.3 is 6.18 Å². The summed E-state index contributed by atoms with van der Waals surface area (Å²) in [5.41, 5.74) is -2.34. The zero-order valence-electron chi connectivity index (χ0n) is 11.5. The number of nitrogens with zero attached hydrogens (tertiary/aromatic N) is 1. The fourth-order valence-electron chi connectivity index (χ4n) is 1.76. The van der Waals surface area contributed by atoms with Crippen LogP contribution in [-0.4, -0.2) is 16.6 Å². The monoisotopic (exact) mass is 300 g/mol. The van der Waals surface area contributed by atoms with Crippen LogP contribution >= 0.6 is 0 Å². The number of nitrogens with one attached hydrogen (secondary N) is 1. The third kappa shape index (κ3) is 3.75. The molecule has 0 aromatic carbocycles. The van der Waals surface area contributed by atoms with Crippen molar-refractivity contribution in [1.29, 1.82) is 0 Å². The molecule has 0 spiro atoms. The molecular formula is C14H15F3N2O2. The van der Waals surface area contributed by atoms with Gasteiger partial charge in [-0.2, -0.15) is 13.2 Å². The van der Waals surface area contributed by atoms with Gasteiger partial charge in [0.05, 0.1) is 6.54 Å². The molecule has 2 aromatic rings. The van der Waals surface area contributed by atoms with Crippen molar-refractivity contribution in [3.8, 4) is 0 Å². The Morgan fingerprint density at radius 3 is 2.52 bits per heavy atom. The molecule has 0 aliphatic heterocycles. The molecule has 0 aliphatic rings. The number of aryl methyl sites for hydroxylation is 1. The first-order valence-electron chi connectivity index (χ1n) is 6.26. The topological polar surface area (TPSA) is 58.3 Å². The van der Waals surface area contributed by atoms with E-state index in [0.717, 1.165) is 6.07 Å². The zero-order valence-corrected chi connectivity index (χ0v) is 11.5. The van der Waals surface area contributed by atoms with Gasteiger partial charge in [-0.15, -0.1) is 0 Å². The number of anilines is 1. The van der Waals surface area contributed by atoms with E-state index in [0.29, 0.717) is 11.5 Å². The summed E-state index contributed by atoms with van der Waals surface area (Å²) in [6, 6.07) is 6.87. The smallest absolute Gasteiger partial charge is 0.433 e. The molecule has 21 heavy (non-hydrogen) atoms. The molecule has 2 aromatic heterocycles. The SMILES string of the molecule is Cc1ccc(C(C)(O)CNc2cccc(C(F)(F)F)n2)o1. The van der Waals surface area contributed by atoms with Crippen LogP contribution in [0.25, 0.3) is 0 Å². The summed E-state index contributed by atoms with van der Waals surface area (Å²) in [6.45, 7) is 3.21. The molecule has 4 nitrogen and oxygen atoms in total. The third-order valence-electron chi connectivity index (χ3n) is 2.92. The van der Waals surface area contributed by atoms with Crippen molar-refractivity contribution >= 4 is 5.82 Å². The third-order valence-corrected chi connectivity index (χ3v) is 2.92. The molecular weight excluding hydrogens is 285 g/mol.